The van der Waals surface area contributed by atoms with Crippen LogP contribution in [0.25, 0.3) is 20.5 Å². The predicted octanol–water partition coefficient (Wildman–Crippen LogP) is 5.98. The first-order valence-corrected chi connectivity index (χ1v) is 12.4. The summed E-state index contributed by atoms with van der Waals surface area (Å²) in [6, 6.07) is 19.3. The largest absolute Gasteiger partial charge is 0.508 e. The van der Waals surface area contributed by atoms with Crippen molar-refractivity contribution in [1.82, 2.24) is 5.32 Å². The topological polar surface area (TPSA) is 78.8 Å². The Hall–Kier alpha value is -3.35. The zero-order valence-electron chi connectivity index (χ0n) is 19.0. The summed E-state index contributed by atoms with van der Waals surface area (Å²) in [5, 5.41) is 23.8. The predicted molar refractivity (Wildman–Crippen MR) is 136 cm³/mol. The minimum absolute atomic E-state index is 0.0852. The molecular formula is C28H27NO4S. The van der Waals surface area contributed by atoms with Crippen LogP contribution < -0.4 is 10.1 Å². The van der Waals surface area contributed by atoms with Crippen LogP contribution in [0.5, 0.6) is 17.2 Å². The summed E-state index contributed by atoms with van der Waals surface area (Å²) in [5.41, 5.74) is 2.02. The van der Waals surface area contributed by atoms with Crippen LogP contribution in [-0.4, -0.2) is 35.2 Å². The molecule has 0 aliphatic carbocycles. The maximum absolute atomic E-state index is 13.7. The molecule has 1 fully saturated rings. The molecule has 1 aliphatic heterocycles. The SMILES string of the molecule is CC(Oc1ccc(C(=O)c2c(-c3ccc(O)cc3)sc3cc(O)ccc23)cc1)C1CCNCC1. The second-order valence-corrected chi connectivity index (χ2v) is 9.85. The van der Waals surface area contributed by atoms with Gasteiger partial charge in [0, 0.05) is 26.1 Å². The van der Waals surface area contributed by atoms with Crippen LogP contribution in [-0.2, 0) is 0 Å². The monoisotopic (exact) mass is 473 g/mol. The van der Waals surface area contributed by atoms with E-state index in [4.69, 9.17) is 4.74 Å². The van der Waals surface area contributed by atoms with Crippen LogP contribution in [0.1, 0.15) is 35.7 Å². The van der Waals surface area contributed by atoms with E-state index in [2.05, 4.69) is 12.2 Å². The van der Waals surface area contributed by atoms with Gasteiger partial charge in [0.05, 0.1) is 6.10 Å². The fraction of sp³-hybridized carbons (Fsp3) is 0.250. The molecule has 4 aromatic rings. The van der Waals surface area contributed by atoms with Gasteiger partial charge in [0.1, 0.15) is 17.2 Å². The molecule has 0 radical (unpaired) electrons. The van der Waals surface area contributed by atoms with E-state index in [1.54, 1.807) is 42.5 Å². The van der Waals surface area contributed by atoms with Crippen LogP contribution in [0.15, 0.2) is 66.7 Å². The molecule has 3 N–H and O–H groups in total. The molecule has 34 heavy (non-hydrogen) atoms. The minimum atomic E-state index is -0.0852. The number of phenolic OH excluding ortho intramolecular Hbond substituents is 2. The maximum Gasteiger partial charge on any atom is 0.195 e. The first-order chi connectivity index (χ1) is 16.5. The Kier molecular flexibility index (Phi) is 6.26. The number of carbonyl (C=O) groups excluding carboxylic acids is 1. The highest BCUT2D eigenvalue weighted by Gasteiger charge is 2.23. The Morgan fingerprint density at radius 3 is 2.35 bits per heavy atom. The third-order valence-corrected chi connectivity index (χ3v) is 7.72. The molecule has 1 saturated heterocycles. The summed E-state index contributed by atoms with van der Waals surface area (Å²) < 4.78 is 7.01. The summed E-state index contributed by atoms with van der Waals surface area (Å²) in [6.07, 6.45) is 2.34. The van der Waals surface area contributed by atoms with E-state index in [9.17, 15) is 15.0 Å². The fourth-order valence-electron chi connectivity index (χ4n) is 4.58. The van der Waals surface area contributed by atoms with E-state index >= 15 is 0 Å². The zero-order valence-corrected chi connectivity index (χ0v) is 19.8. The third-order valence-electron chi connectivity index (χ3n) is 6.52. The van der Waals surface area contributed by atoms with Crippen LogP contribution in [0, 0.1) is 5.92 Å². The van der Waals surface area contributed by atoms with Gasteiger partial charge >= 0.3 is 0 Å². The number of aromatic hydroxyl groups is 2. The Morgan fingerprint density at radius 1 is 0.971 bits per heavy atom. The molecule has 0 saturated carbocycles. The van der Waals surface area contributed by atoms with E-state index in [-0.39, 0.29) is 23.4 Å². The van der Waals surface area contributed by atoms with Gasteiger partial charge in [-0.25, -0.2) is 0 Å². The lowest BCUT2D eigenvalue weighted by molar-refractivity contribution is 0.104. The highest BCUT2D eigenvalue weighted by Crippen LogP contribution is 2.41. The van der Waals surface area contributed by atoms with E-state index < -0.39 is 0 Å². The van der Waals surface area contributed by atoms with Gasteiger partial charge in [0.2, 0.25) is 0 Å². The van der Waals surface area contributed by atoms with E-state index in [1.165, 1.54) is 11.3 Å². The Bertz CT molecular complexity index is 1310. The highest BCUT2D eigenvalue weighted by molar-refractivity contribution is 7.22. The molecule has 0 spiro atoms. The molecule has 5 nitrogen and oxygen atoms in total. The number of ketones is 1. The number of carbonyl (C=O) groups is 1. The summed E-state index contributed by atoms with van der Waals surface area (Å²) in [5.74, 6) is 1.54. The van der Waals surface area contributed by atoms with Gasteiger partial charge in [-0.05, 0) is 111 Å². The Morgan fingerprint density at radius 2 is 1.65 bits per heavy atom. The normalized spacial score (nSPS) is 15.3. The van der Waals surface area contributed by atoms with Gasteiger partial charge < -0.3 is 20.3 Å². The molecule has 174 valence electrons. The molecule has 5 rings (SSSR count). The number of ether oxygens (including phenoxy) is 1. The van der Waals surface area contributed by atoms with Crippen molar-refractivity contribution in [2.45, 2.75) is 25.9 Å². The van der Waals surface area contributed by atoms with Crippen molar-refractivity contribution in [2.24, 2.45) is 5.92 Å². The van der Waals surface area contributed by atoms with Crippen molar-refractivity contribution >= 4 is 27.2 Å². The second kappa shape index (κ2) is 9.49. The summed E-state index contributed by atoms with van der Waals surface area (Å²) in [4.78, 5) is 14.5. The summed E-state index contributed by atoms with van der Waals surface area (Å²) >= 11 is 1.46. The number of thiophene rings is 1. The van der Waals surface area contributed by atoms with E-state index in [1.807, 2.05) is 24.3 Å². The van der Waals surface area contributed by atoms with Crippen molar-refractivity contribution in [3.05, 3.63) is 77.9 Å². The molecule has 1 aliphatic rings. The molecule has 1 unspecified atom stereocenters. The third kappa shape index (κ3) is 4.52. The molecule has 3 aromatic carbocycles. The molecule has 1 atom stereocenters. The van der Waals surface area contributed by atoms with E-state index in [0.29, 0.717) is 17.0 Å². The van der Waals surface area contributed by atoms with Gasteiger partial charge in [-0.2, -0.15) is 0 Å². The number of fused-ring (bicyclic) bond motifs is 1. The van der Waals surface area contributed by atoms with Gasteiger partial charge in [-0.3, -0.25) is 4.79 Å². The average Bonchev–Trinajstić information content (AvgIpc) is 3.23. The van der Waals surface area contributed by atoms with Crippen LogP contribution in [0.3, 0.4) is 0 Å². The van der Waals surface area contributed by atoms with Gasteiger partial charge in [0.25, 0.3) is 0 Å². The number of hydrogen-bond acceptors (Lipinski definition) is 6. The molecule has 0 bridgehead atoms. The van der Waals surface area contributed by atoms with E-state index in [0.717, 1.165) is 52.2 Å². The van der Waals surface area contributed by atoms with Crippen molar-refractivity contribution in [2.75, 3.05) is 13.1 Å². The summed E-state index contributed by atoms with van der Waals surface area (Å²) in [6.45, 7) is 4.18. The molecule has 0 amide bonds. The van der Waals surface area contributed by atoms with Gasteiger partial charge in [0.15, 0.2) is 5.78 Å². The smallest absolute Gasteiger partial charge is 0.195 e. The number of benzene rings is 3. The van der Waals surface area contributed by atoms with Crippen molar-refractivity contribution in [3.63, 3.8) is 0 Å². The highest BCUT2D eigenvalue weighted by atomic mass is 32.1. The molecule has 2 heterocycles. The standard InChI is InChI=1S/C28H27NO4S/c1-17(18-12-14-29-15-13-18)33-23-9-4-19(5-10-23)27(32)26-24-11-8-22(31)16-25(24)34-28(26)20-2-6-21(30)7-3-20/h2-11,16-18,29-31H,12-15H2,1H3. The lowest BCUT2D eigenvalue weighted by atomic mass is 9.93. The van der Waals surface area contributed by atoms with Crippen molar-refractivity contribution in [3.8, 4) is 27.7 Å². The second-order valence-electron chi connectivity index (χ2n) is 8.80. The number of piperidine rings is 1. The van der Waals surface area contributed by atoms with Crippen molar-refractivity contribution in [1.29, 1.82) is 0 Å². The van der Waals surface area contributed by atoms with Gasteiger partial charge in [-0.15, -0.1) is 11.3 Å². The number of hydrogen-bond donors (Lipinski definition) is 3. The van der Waals surface area contributed by atoms with Crippen molar-refractivity contribution < 1.29 is 19.7 Å². The number of nitrogens with one attached hydrogen (secondary N) is 1. The Balaban J connectivity index is 1.45. The average molecular weight is 474 g/mol. The fourth-order valence-corrected chi connectivity index (χ4v) is 5.82. The quantitative estimate of drug-likeness (QED) is 0.300. The first-order valence-electron chi connectivity index (χ1n) is 11.6. The molecule has 1 aromatic heterocycles. The van der Waals surface area contributed by atoms with Crippen LogP contribution in [0.2, 0.25) is 0 Å². The molecular weight excluding hydrogens is 446 g/mol. The first kappa shape index (κ1) is 22.4. The van der Waals surface area contributed by atoms with Crippen LogP contribution >= 0.6 is 11.3 Å². The minimum Gasteiger partial charge on any atom is -0.508 e. The summed E-state index contributed by atoms with van der Waals surface area (Å²) in [7, 11) is 0. The van der Waals surface area contributed by atoms with Gasteiger partial charge in [-0.1, -0.05) is 0 Å². The van der Waals surface area contributed by atoms with Crippen LogP contribution in [0.4, 0.5) is 0 Å². The lowest BCUT2D eigenvalue weighted by Gasteiger charge is -2.28. The molecule has 6 heteroatoms. The number of rotatable bonds is 6. The zero-order chi connectivity index (χ0) is 23.7. The Labute approximate surface area is 202 Å². The number of phenols is 2. The maximum atomic E-state index is 13.7. The lowest BCUT2D eigenvalue weighted by Crippen LogP contribution is -2.35.